The van der Waals surface area contributed by atoms with Gasteiger partial charge in [-0.2, -0.15) is 0 Å². The van der Waals surface area contributed by atoms with Crippen molar-refractivity contribution in [1.82, 2.24) is 0 Å². The number of nitrogens with zero attached hydrogens (tertiary/aromatic N) is 2. The highest BCUT2D eigenvalue weighted by molar-refractivity contribution is 9.10. The number of hydrogen-bond acceptors (Lipinski definition) is 3. The summed E-state index contributed by atoms with van der Waals surface area (Å²) in [5, 5.41) is 0. The molecule has 0 saturated carbocycles. The van der Waals surface area contributed by atoms with Crippen LogP contribution in [0.2, 0.25) is 0 Å². The number of nitrogens with two attached hydrogens (primary N) is 1. The van der Waals surface area contributed by atoms with Crippen LogP contribution in [0.15, 0.2) is 22.7 Å². The molecule has 0 atom stereocenters. The summed E-state index contributed by atoms with van der Waals surface area (Å²) in [6.07, 6.45) is 0.892. The highest BCUT2D eigenvalue weighted by Gasteiger charge is 2.26. The summed E-state index contributed by atoms with van der Waals surface area (Å²) in [4.78, 5) is 15.7. The van der Waals surface area contributed by atoms with Gasteiger partial charge in [-0.25, -0.2) is 0 Å². The number of carbonyl (C=O) groups is 1. The van der Waals surface area contributed by atoms with Crippen molar-refractivity contribution in [1.29, 1.82) is 0 Å². The molecular formula is C12H16BrN3O. The van der Waals surface area contributed by atoms with E-state index in [2.05, 4.69) is 26.9 Å². The van der Waals surface area contributed by atoms with E-state index in [1.165, 1.54) is 0 Å². The van der Waals surface area contributed by atoms with Gasteiger partial charge in [0.25, 0.3) is 0 Å². The number of anilines is 2. The van der Waals surface area contributed by atoms with Gasteiger partial charge in [0.15, 0.2) is 0 Å². The van der Waals surface area contributed by atoms with E-state index in [0.29, 0.717) is 13.1 Å². The third-order valence-corrected chi connectivity index (χ3v) is 3.47. The molecule has 2 N–H and O–H groups in total. The SMILES string of the molecule is CN1C(=O)CN(CCCN)c2cc(Br)ccc21. The van der Waals surface area contributed by atoms with Gasteiger partial charge >= 0.3 is 0 Å². The second-order valence-corrected chi connectivity index (χ2v) is 5.07. The van der Waals surface area contributed by atoms with Gasteiger partial charge in [-0.3, -0.25) is 4.79 Å². The van der Waals surface area contributed by atoms with Crippen molar-refractivity contribution in [2.24, 2.45) is 5.73 Å². The van der Waals surface area contributed by atoms with Crippen molar-refractivity contribution in [3.8, 4) is 0 Å². The molecule has 1 aliphatic rings. The summed E-state index contributed by atoms with van der Waals surface area (Å²) in [6.45, 7) is 1.89. The van der Waals surface area contributed by atoms with Crippen LogP contribution in [0.4, 0.5) is 11.4 Å². The van der Waals surface area contributed by atoms with Crippen LogP contribution in [0.1, 0.15) is 6.42 Å². The molecule has 0 unspecified atom stereocenters. The van der Waals surface area contributed by atoms with Crippen molar-refractivity contribution in [3.63, 3.8) is 0 Å². The minimum atomic E-state index is 0.122. The summed E-state index contributed by atoms with van der Waals surface area (Å²) in [7, 11) is 1.81. The Morgan fingerprint density at radius 1 is 1.41 bits per heavy atom. The standard InChI is InChI=1S/C12H16BrN3O/c1-15-10-4-3-9(13)7-11(10)16(6-2-5-14)8-12(15)17/h3-4,7H,2,5-6,8,14H2,1H3. The van der Waals surface area contributed by atoms with E-state index in [1.807, 2.05) is 19.2 Å². The molecule has 1 aromatic carbocycles. The predicted octanol–water partition coefficient (Wildman–Crippen LogP) is 1.58. The van der Waals surface area contributed by atoms with E-state index in [9.17, 15) is 4.79 Å². The first-order chi connectivity index (χ1) is 8.13. The fourth-order valence-electron chi connectivity index (χ4n) is 2.00. The Hall–Kier alpha value is -1.07. The molecule has 4 nitrogen and oxygen atoms in total. The molecule has 0 spiro atoms. The first-order valence-electron chi connectivity index (χ1n) is 5.64. The molecule has 0 bridgehead atoms. The van der Waals surface area contributed by atoms with Crippen LogP contribution in [0.3, 0.4) is 0 Å². The summed E-state index contributed by atoms with van der Waals surface area (Å²) < 4.78 is 1.02. The third-order valence-electron chi connectivity index (χ3n) is 2.97. The van der Waals surface area contributed by atoms with Gasteiger partial charge in [0.05, 0.1) is 17.9 Å². The summed E-state index contributed by atoms with van der Waals surface area (Å²) in [5.41, 5.74) is 7.58. The van der Waals surface area contributed by atoms with E-state index in [0.717, 1.165) is 28.8 Å². The lowest BCUT2D eigenvalue weighted by Gasteiger charge is -2.35. The number of rotatable bonds is 3. The predicted molar refractivity (Wildman–Crippen MR) is 73.4 cm³/mol. The Morgan fingerprint density at radius 2 is 2.18 bits per heavy atom. The van der Waals surface area contributed by atoms with Gasteiger partial charge in [0, 0.05) is 18.1 Å². The minimum Gasteiger partial charge on any atom is -0.360 e. The van der Waals surface area contributed by atoms with Crippen molar-refractivity contribution in [2.45, 2.75) is 6.42 Å². The lowest BCUT2D eigenvalue weighted by molar-refractivity contribution is -0.117. The Bertz CT molecular complexity index is 436. The van der Waals surface area contributed by atoms with Gasteiger partial charge in [0.2, 0.25) is 5.91 Å². The maximum atomic E-state index is 11.9. The zero-order valence-corrected chi connectivity index (χ0v) is 11.4. The average Bonchev–Trinajstić information content (AvgIpc) is 2.32. The van der Waals surface area contributed by atoms with Gasteiger partial charge in [0.1, 0.15) is 0 Å². The molecule has 0 fully saturated rings. The zero-order valence-electron chi connectivity index (χ0n) is 9.82. The van der Waals surface area contributed by atoms with Crippen molar-refractivity contribution in [2.75, 3.05) is 36.5 Å². The number of benzene rings is 1. The average molecular weight is 298 g/mol. The molecule has 0 saturated heterocycles. The van der Waals surface area contributed by atoms with Crippen LogP contribution in [0.25, 0.3) is 0 Å². The second kappa shape index (κ2) is 5.06. The van der Waals surface area contributed by atoms with Crippen LogP contribution >= 0.6 is 15.9 Å². The van der Waals surface area contributed by atoms with Crippen molar-refractivity contribution in [3.05, 3.63) is 22.7 Å². The number of hydrogen-bond donors (Lipinski definition) is 1. The maximum Gasteiger partial charge on any atom is 0.246 e. The minimum absolute atomic E-state index is 0.122. The number of amides is 1. The largest absolute Gasteiger partial charge is 0.360 e. The molecule has 1 aliphatic heterocycles. The van der Waals surface area contributed by atoms with Gasteiger partial charge in [-0.15, -0.1) is 0 Å². The molecule has 1 aromatic rings. The molecule has 0 radical (unpaired) electrons. The molecule has 5 heteroatoms. The van der Waals surface area contributed by atoms with Crippen LogP contribution in [0.5, 0.6) is 0 Å². The van der Waals surface area contributed by atoms with E-state index in [4.69, 9.17) is 5.73 Å². The van der Waals surface area contributed by atoms with E-state index in [1.54, 1.807) is 4.90 Å². The van der Waals surface area contributed by atoms with Crippen molar-refractivity contribution < 1.29 is 4.79 Å². The lowest BCUT2D eigenvalue weighted by Crippen LogP contribution is -2.44. The number of likely N-dealkylation sites (N-methyl/N-ethyl adjacent to an activating group) is 1. The van der Waals surface area contributed by atoms with Gasteiger partial charge in [-0.05, 0) is 31.2 Å². The first-order valence-corrected chi connectivity index (χ1v) is 6.44. The summed E-state index contributed by atoms with van der Waals surface area (Å²) in [6, 6.07) is 5.97. The smallest absolute Gasteiger partial charge is 0.246 e. The molecule has 1 heterocycles. The van der Waals surface area contributed by atoms with Gasteiger partial charge < -0.3 is 15.5 Å². The Balaban J connectivity index is 2.35. The normalized spacial score (nSPS) is 15.1. The Kier molecular flexibility index (Phi) is 3.69. The van der Waals surface area contributed by atoms with Crippen molar-refractivity contribution >= 4 is 33.2 Å². The van der Waals surface area contributed by atoms with Crippen LogP contribution in [-0.4, -0.2) is 32.6 Å². The Morgan fingerprint density at radius 3 is 2.88 bits per heavy atom. The second-order valence-electron chi connectivity index (χ2n) is 4.15. The van der Waals surface area contributed by atoms with E-state index in [-0.39, 0.29) is 5.91 Å². The fourth-order valence-corrected chi connectivity index (χ4v) is 2.35. The van der Waals surface area contributed by atoms with E-state index < -0.39 is 0 Å². The molecule has 0 aromatic heterocycles. The molecule has 0 aliphatic carbocycles. The topological polar surface area (TPSA) is 49.6 Å². The monoisotopic (exact) mass is 297 g/mol. The first kappa shape index (κ1) is 12.4. The van der Waals surface area contributed by atoms with Gasteiger partial charge in [-0.1, -0.05) is 15.9 Å². The number of carbonyl (C=O) groups excluding carboxylic acids is 1. The van der Waals surface area contributed by atoms with Crippen LogP contribution in [0, 0.1) is 0 Å². The number of fused-ring (bicyclic) bond motifs is 1. The fraction of sp³-hybridized carbons (Fsp3) is 0.417. The molecular weight excluding hydrogens is 282 g/mol. The summed E-state index contributed by atoms with van der Waals surface area (Å²) >= 11 is 3.47. The quantitative estimate of drug-likeness (QED) is 0.922. The molecule has 17 heavy (non-hydrogen) atoms. The van der Waals surface area contributed by atoms with Crippen LogP contribution < -0.4 is 15.5 Å². The van der Waals surface area contributed by atoms with E-state index >= 15 is 0 Å². The van der Waals surface area contributed by atoms with Crippen LogP contribution in [-0.2, 0) is 4.79 Å². The molecule has 92 valence electrons. The summed E-state index contributed by atoms with van der Waals surface area (Å²) in [5.74, 6) is 0.122. The molecule has 2 rings (SSSR count). The Labute approximate surface area is 110 Å². The number of halogens is 1. The highest BCUT2D eigenvalue weighted by Crippen LogP contribution is 2.34. The highest BCUT2D eigenvalue weighted by atomic mass is 79.9. The zero-order chi connectivity index (χ0) is 12.4. The lowest BCUT2D eigenvalue weighted by atomic mass is 10.1. The molecule has 1 amide bonds. The third kappa shape index (κ3) is 2.45. The maximum absolute atomic E-state index is 11.9.